The van der Waals surface area contributed by atoms with Gasteiger partial charge in [-0.25, -0.2) is 4.79 Å². The van der Waals surface area contributed by atoms with Gasteiger partial charge in [0.05, 0.1) is 42.5 Å². The molecule has 136 heavy (non-hydrogen) atoms. The number of amides is 7. The molecule has 0 saturated carbocycles. The molecule has 48 heteroatoms. The van der Waals surface area contributed by atoms with Crippen LogP contribution < -0.4 is 68.6 Å². The summed E-state index contributed by atoms with van der Waals surface area (Å²) in [5.41, 5.74) is 13.2. The van der Waals surface area contributed by atoms with Crippen LogP contribution in [0.1, 0.15) is 153 Å². The Labute approximate surface area is 785 Å². The van der Waals surface area contributed by atoms with E-state index in [1.807, 2.05) is 0 Å². The number of nitrogens with one attached hydrogen (secondary N) is 7. The van der Waals surface area contributed by atoms with Crippen molar-refractivity contribution in [3.8, 4) is 57.1 Å². The highest BCUT2D eigenvalue weighted by atomic mass is 35.5. The second kappa shape index (κ2) is 42.3. The van der Waals surface area contributed by atoms with Gasteiger partial charge in [-0.05, 0) is 129 Å². The largest absolute Gasteiger partial charge is 0.508 e. The van der Waals surface area contributed by atoms with Crippen LogP contribution in [0.4, 0.5) is 0 Å². The lowest BCUT2D eigenvalue weighted by Crippen LogP contribution is -2.67. The number of carbonyl (C=O) groups is 12. The number of fused-ring (bicyclic) bond motifs is 15. The summed E-state index contributed by atoms with van der Waals surface area (Å²) in [6, 6.07) is -0.659. The number of carboxylic acids is 1. The van der Waals surface area contributed by atoms with Crippen LogP contribution in [0.25, 0.3) is 11.1 Å². The number of esters is 4. The lowest BCUT2D eigenvalue weighted by molar-refractivity contribution is -0.333. The molecule has 11 bridgehead atoms. The Kier molecular flexibility index (Phi) is 32.0. The quantitative estimate of drug-likeness (QED) is 0.0247. The summed E-state index contributed by atoms with van der Waals surface area (Å²) >= 11 is 13.2. The standard InChI is InChI=1S/C88H108ClN11O35S/c1-32(2)20-49(100(11)86(136)99-83-74(128-38(8)105)73(127-37(7)104)71(126-36(6)103)56(131-83)31-123-35(5)102)78(116)97-64-66(110)41-15-19-52(47(89)22-41)130-54-24-42-23-53(70(54)135-85-72(68(112)67(111)55(30-101)132-85)134-59-29-88(10,92)76(114)34(4)125-59)129-44-16-12-39(13-17-44)69(133-58-28-87(9,91)75(113)33(3)124-58)65-82(120)96-63(84(121)122)46-25-43(106)26-51(108)60(46)45-21-40(14-18-50(45)107)61(79(117)98-65)95-80(118)62(42)94-77(115)48(27-57(90)109)93-81(64)119/h12-19,21-26,32-34,48-49,55-56,58-59,61-69,71-76,83,85,101,106-108,110-114H,20,27-31,91-92H2,1-11H3,(H2,90,109)(H,93,119)(H,94,115)(H,95,118)(H,96,120)(H,97,116)(H,98,117)(H,99,136)(H,121,122)/t33-,34-,48-,49+,55+,56+,58-,59-,61+,62+,63-,64+,65-,66+,67+,68-,69+,71+,72+,73-,74+,75-,76-,83+,85-,87-,88-/m0/s1. The molecule has 23 N–H and O–H groups in total. The van der Waals surface area contributed by atoms with Crippen LogP contribution in [0.15, 0.2) is 84.9 Å². The molecule has 4 saturated heterocycles. The summed E-state index contributed by atoms with van der Waals surface area (Å²) in [4.78, 5) is 175. The summed E-state index contributed by atoms with van der Waals surface area (Å²) in [6.07, 6.45) is -32.3. The highest BCUT2D eigenvalue weighted by Gasteiger charge is 2.56. The molecule has 14 rings (SSSR count). The number of nitrogens with zero attached hydrogens (tertiary/aromatic N) is 1. The Bertz CT molecular complexity index is 5410. The number of primary amides is 1. The Balaban J connectivity index is 1.05. The third kappa shape index (κ3) is 23.3. The van der Waals surface area contributed by atoms with Gasteiger partial charge in [0, 0.05) is 81.4 Å². The number of rotatable bonds is 21. The molecule has 0 aromatic heterocycles. The number of aliphatic hydroxyl groups is 6. The average molecular weight is 1950 g/mol. The molecule has 9 aliphatic rings. The Hall–Kier alpha value is -12.0. The van der Waals surface area contributed by atoms with Crippen molar-refractivity contribution in [2.24, 2.45) is 23.1 Å². The van der Waals surface area contributed by atoms with Crippen molar-refractivity contribution in [1.29, 1.82) is 0 Å². The summed E-state index contributed by atoms with van der Waals surface area (Å²) in [5.74, 6) is -21.2. The van der Waals surface area contributed by atoms with Gasteiger partial charge in [0.15, 0.2) is 65.9 Å². The van der Waals surface area contributed by atoms with Crippen molar-refractivity contribution in [3.05, 3.63) is 118 Å². The molecular weight excluding hydrogens is 1840 g/mol. The zero-order valence-corrected chi connectivity index (χ0v) is 76.6. The fourth-order valence-corrected chi connectivity index (χ4v) is 17.4. The molecule has 5 aromatic carbocycles. The molecule has 7 amide bonds. The number of aromatic hydroxyl groups is 3. The van der Waals surface area contributed by atoms with Crippen LogP contribution in [0.2, 0.25) is 5.02 Å². The Morgan fingerprint density at radius 1 is 0.618 bits per heavy atom. The second-order valence-corrected chi connectivity index (χ2v) is 35.8. The predicted molar refractivity (Wildman–Crippen MR) is 467 cm³/mol. The van der Waals surface area contributed by atoms with Crippen molar-refractivity contribution in [3.63, 3.8) is 0 Å². The van der Waals surface area contributed by atoms with E-state index in [1.165, 1.54) is 59.0 Å². The van der Waals surface area contributed by atoms with E-state index in [1.54, 1.807) is 13.8 Å². The molecule has 0 radical (unpaired) electrons. The zero-order chi connectivity index (χ0) is 99.6. The number of ether oxygens (including phenoxy) is 13. The fraction of sp³-hybridized carbons (Fsp3) is 0.511. The number of carbonyl (C=O) groups excluding carboxylic acids is 11. The van der Waals surface area contributed by atoms with Crippen molar-refractivity contribution in [2.75, 3.05) is 20.3 Å². The maximum Gasteiger partial charge on any atom is 0.330 e. The lowest BCUT2D eigenvalue weighted by atomic mass is 9.86. The van der Waals surface area contributed by atoms with Crippen LogP contribution in [-0.2, 0) is 105 Å². The van der Waals surface area contributed by atoms with Gasteiger partial charge >= 0.3 is 29.8 Å². The minimum absolute atomic E-state index is 0.0893. The second-order valence-electron chi connectivity index (χ2n) is 35.0. The number of phenolic OH excluding ortho intramolecular Hbond substituents is 3. The van der Waals surface area contributed by atoms with Gasteiger partial charge < -0.3 is 172 Å². The number of likely N-dealkylation sites (N-methyl/N-ethyl adjacent to an activating group) is 1. The van der Waals surface area contributed by atoms with Crippen LogP contribution in [0.3, 0.4) is 0 Å². The van der Waals surface area contributed by atoms with Gasteiger partial charge in [0.25, 0.3) is 0 Å². The molecule has 46 nitrogen and oxygen atoms in total. The normalized spacial score (nSPS) is 31.5. The molecule has 0 spiro atoms. The van der Waals surface area contributed by atoms with Gasteiger partial charge in [-0.15, -0.1) is 0 Å². The van der Waals surface area contributed by atoms with E-state index in [0.29, 0.717) is 0 Å². The first kappa shape index (κ1) is 103. The molecule has 0 unspecified atom stereocenters. The summed E-state index contributed by atoms with van der Waals surface area (Å²) in [5, 5.41) is 133. The molecule has 9 aliphatic heterocycles. The van der Waals surface area contributed by atoms with E-state index in [-0.39, 0.29) is 36.1 Å². The van der Waals surface area contributed by atoms with Gasteiger partial charge in [0.2, 0.25) is 53.4 Å². The van der Waals surface area contributed by atoms with E-state index in [2.05, 4.69) is 37.2 Å². The number of hydrogen-bond donors (Lipinski definition) is 20. The van der Waals surface area contributed by atoms with Crippen molar-refractivity contribution in [1.82, 2.24) is 42.1 Å². The van der Waals surface area contributed by atoms with Crippen molar-refractivity contribution in [2.45, 2.75) is 259 Å². The van der Waals surface area contributed by atoms with Crippen LogP contribution in [-0.4, -0.2) is 286 Å². The molecular formula is C88H108ClN11O35S. The topological polar surface area (TPSA) is 693 Å². The van der Waals surface area contributed by atoms with Crippen molar-refractivity contribution >= 4 is 100 Å². The first-order valence-corrected chi connectivity index (χ1v) is 43.7. The smallest absolute Gasteiger partial charge is 0.330 e. The SMILES string of the molecule is CC(=O)OC[C@H]1O[C@@H](NC(=S)N(C)[C@H](CC(C)C)C(=O)N[C@H]2C(=O)N[C@@H](CC(N)=O)C(=O)N[C@H]3C(=O)N[C@H]4C(=O)N[C@H](C(=O)N[C@H](C(=O)O)c5cc(O)cc(O)c5-c5cc4ccc5O)[C@H](O[C@H]4C[C@](C)(N)[C@@H](O)[C@H](C)O4)c4ccc(cc4)Oc4cc3cc(c4O[C@@H]3O[C@H](CO)[C@@H](O)[C@H](O)[C@H]3O[C@H]3C[C@](C)(N)[C@@H](O)[C@H](C)O3)Oc3ccc(cc3Cl)[C@H]2O)[C@H](OC(C)=O)[C@@H](OC(C)=O)[C@@H]1OC(C)=O. The maximum absolute atomic E-state index is 16.7. The average Bonchev–Trinajstić information content (AvgIpc) is 0.754. The highest BCUT2D eigenvalue weighted by molar-refractivity contribution is 7.80. The number of hydrogen-bond acceptors (Lipinski definition) is 37. The summed E-state index contributed by atoms with van der Waals surface area (Å²) in [7, 11) is 1.28. The number of phenols is 3. The van der Waals surface area contributed by atoms with Gasteiger partial charge in [-0.2, -0.15) is 0 Å². The molecule has 738 valence electrons. The summed E-state index contributed by atoms with van der Waals surface area (Å²) < 4.78 is 80.2. The first-order valence-electron chi connectivity index (χ1n) is 42.9. The van der Waals surface area contributed by atoms with E-state index in [9.17, 15) is 79.8 Å². The molecule has 9 heterocycles. The van der Waals surface area contributed by atoms with Gasteiger partial charge in [-0.3, -0.25) is 52.7 Å². The van der Waals surface area contributed by atoms with Crippen LogP contribution >= 0.6 is 23.8 Å². The molecule has 0 aliphatic carbocycles. The predicted octanol–water partition coefficient (Wildman–Crippen LogP) is -0.640. The van der Waals surface area contributed by atoms with Gasteiger partial charge in [0.1, 0.15) is 108 Å². The van der Waals surface area contributed by atoms with Crippen molar-refractivity contribution < 1.29 is 170 Å². The number of thiocarbonyl (C=S) groups is 1. The Morgan fingerprint density at radius 2 is 1.20 bits per heavy atom. The van der Waals surface area contributed by atoms with E-state index < -0.39 is 339 Å². The lowest BCUT2D eigenvalue weighted by Gasteiger charge is -2.47. The number of aliphatic carboxylic acids is 1. The number of carboxylic acid groups (broad SMARTS) is 1. The summed E-state index contributed by atoms with van der Waals surface area (Å²) in [6.45, 7) is 11.6. The molecule has 5 aromatic rings. The number of halogens is 1. The minimum atomic E-state index is -2.48. The third-order valence-electron chi connectivity index (χ3n) is 23.7. The fourth-order valence-electron chi connectivity index (χ4n) is 17.0. The minimum Gasteiger partial charge on any atom is -0.508 e. The number of aliphatic hydroxyl groups excluding tert-OH is 6. The highest BCUT2D eigenvalue weighted by Crippen LogP contribution is 2.50. The number of benzene rings is 5. The maximum atomic E-state index is 16.7. The zero-order valence-electron chi connectivity index (χ0n) is 75.0. The monoisotopic (exact) mass is 1950 g/mol. The van der Waals surface area contributed by atoms with Crippen LogP contribution in [0, 0.1) is 5.92 Å². The molecule has 4 fully saturated rings. The first-order chi connectivity index (χ1) is 63.9. The van der Waals surface area contributed by atoms with E-state index in [4.69, 9.17) is 103 Å². The Morgan fingerprint density at radius 3 is 1.79 bits per heavy atom. The van der Waals surface area contributed by atoms with E-state index in [0.717, 1.165) is 93.3 Å². The molecule has 27 atom stereocenters. The van der Waals surface area contributed by atoms with E-state index >= 15 is 28.8 Å². The van der Waals surface area contributed by atoms with Crippen LogP contribution in [0.5, 0.6) is 46.0 Å². The third-order valence-corrected chi connectivity index (χ3v) is 24.4. The number of nitrogens with two attached hydrogens (primary N) is 3. The van der Waals surface area contributed by atoms with Gasteiger partial charge in [-0.1, -0.05) is 49.7 Å².